The van der Waals surface area contributed by atoms with Crippen LogP contribution in [0.3, 0.4) is 0 Å². The number of ether oxygens (including phenoxy) is 3. The van der Waals surface area contributed by atoms with Crippen LogP contribution in [0.15, 0.2) is 0 Å². The van der Waals surface area contributed by atoms with Crippen LogP contribution < -0.4 is 0 Å². The van der Waals surface area contributed by atoms with Crippen LogP contribution in [0.1, 0.15) is 92.4 Å². The minimum absolute atomic E-state index is 0.0476. The molecule has 2 aliphatic heterocycles. The van der Waals surface area contributed by atoms with E-state index >= 15 is 0 Å². The molecule has 34 heavy (non-hydrogen) atoms. The number of carbonyl (C=O) groups is 2. The first-order valence-electron chi connectivity index (χ1n) is 14.1. The molecule has 0 aromatic heterocycles. The lowest BCUT2D eigenvalue weighted by Gasteiger charge is -2.60. The van der Waals surface area contributed by atoms with Gasteiger partial charge < -0.3 is 14.2 Å². The zero-order valence-corrected chi connectivity index (χ0v) is 21.8. The van der Waals surface area contributed by atoms with E-state index in [1.54, 1.807) is 0 Å². The van der Waals surface area contributed by atoms with Crippen LogP contribution in [0.25, 0.3) is 0 Å². The molecule has 0 bridgehead atoms. The second-order valence-corrected chi connectivity index (χ2v) is 13.6. The van der Waals surface area contributed by atoms with Gasteiger partial charge in [-0.05, 0) is 85.4 Å². The Morgan fingerprint density at radius 2 is 1.76 bits per heavy atom. The van der Waals surface area contributed by atoms with Crippen molar-refractivity contribution in [2.45, 2.75) is 110 Å². The lowest BCUT2D eigenvalue weighted by Crippen LogP contribution is -2.57. The SMILES string of the molecule is CC(=O)O[C@H]1CC[C@]2(C)C3CC[C@@]4(C)C(C[C@@H]5O[C@]6(CC[C@@H](C)CO6)[C@@H](C)C54)[C@@H]3CC(=O)[C@H]2C1. The van der Waals surface area contributed by atoms with E-state index in [9.17, 15) is 9.59 Å². The van der Waals surface area contributed by atoms with Gasteiger partial charge in [0.15, 0.2) is 5.79 Å². The molecule has 190 valence electrons. The van der Waals surface area contributed by atoms with E-state index in [1.165, 1.54) is 26.2 Å². The molecule has 0 N–H and O–H groups in total. The van der Waals surface area contributed by atoms with Gasteiger partial charge in [0.25, 0.3) is 0 Å². The van der Waals surface area contributed by atoms with E-state index in [0.717, 1.165) is 38.7 Å². The molecule has 0 amide bonds. The number of hydrogen-bond donors (Lipinski definition) is 0. The first-order valence-corrected chi connectivity index (χ1v) is 14.1. The summed E-state index contributed by atoms with van der Waals surface area (Å²) in [4.78, 5) is 25.1. The average Bonchev–Trinajstić information content (AvgIpc) is 3.22. The Balaban J connectivity index is 1.24. The predicted octanol–water partition coefficient (Wildman–Crippen LogP) is 5.54. The Morgan fingerprint density at radius 1 is 1.00 bits per heavy atom. The highest BCUT2D eigenvalue weighted by atomic mass is 16.7. The topological polar surface area (TPSA) is 61.8 Å². The van der Waals surface area contributed by atoms with Gasteiger partial charge in [0, 0.05) is 31.6 Å². The molecule has 4 aliphatic carbocycles. The van der Waals surface area contributed by atoms with Crippen LogP contribution in [0.5, 0.6) is 0 Å². The second-order valence-electron chi connectivity index (χ2n) is 13.6. The van der Waals surface area contributed by atoms with Crippen LogP contribution in [0.2, 0.25) is 0 Å². The fraction of sp³-hybridized carbons (Fsp3) is 0.931. The fourth-order valence-electron chi connectivity index (χ4n) is 10.4. The van der Waals surface area contributed by atoms with E-state index < -0.39 is 0 Å². The van der Waals surface area contributed by atoms with Gasteiger partial charge in [0.2, 0.25) is 0 Å². The first-order chi connectivity index (χ1) is 16.1. The summed E-state index contributed by atoms with van der Waals surface area (Å²) in [7, 11) is 0. The summed E-state index contributed by atoms with van der Waals surface area (Å²) in [5, 5.41) is 0. The highest BCUT2D eigenvalue weighted by Gasteiger charge is 2.69. The van der Waals surface area contributed by atoms with Crippen LogP contribution in [-0.2, 0) is 23.8 Å². The fourth-order valence-corrected chi connectivity index (χ4v) is 10.4. The van der Waals surface area contributed by atoms with Crippen molar-refractivity contribution in [2.24, 2.45) is 52.3 Å². The molecule has 2 saturated heterocycles. The molecule has 4 saturated carbocycles. The number of hydrogen-bond acceptors (Lipinski definition) is 5. The Kier molecular flexibility index (Phi) is 5.37. The highest BCUT2D eigenvalue weighted by Crippen LogP contribution is 2.71. The molecule has 5 heteroatoms. The van der Waals surface area contributed by atoms with Crippen molar-refractivity contribution in [3.8, 4) is 0 Å². The van der Waals surface area contributed by atoms with E-state index in [0.29, 0.717) is 47.7 Å². The van der Waals surface area contributed by atoms with Crippen LogP contribution in [-0.4, -0.2) is 36.4 Å². The third-order valence-electron chi connectivity index (χ3n) is 12.0. The summed E-state index contributed by atoms with van der Waals surface area (Å²) in [5.41, 5.74) is 0.283. The van der Waals surface area contributed by atoms with Crippen LogP contribution >= 0.6 is 0 Å². The quantitative estimate of drug-likeness (QED) is 0.469. The summed E-state index contributed by atoms with van der Waals surface area (Å²) in [6, 6.07) is 0. The number of rotatable bonds is 1. The van der Waals surface area contributed by atoms with Gasteiger partial charge >= 0.3 is 5.97 Å². The second kappa shape index (κ2) is 7.78. The summed E-state index contributed by atoms with van der Waals surface area (Å²) in [5.74, 6) is 3.10. The van der Waals surface area contributed by atoms with Crippen molar-refractivity contribution in [1.82, 2.24) is 0 Å². The standard InChI is InChI=1S/C29H44O5/c1-16-6-11-29(32-15-16)17(2)26-25(34-29)14-22-20-13-24(31)23-12-19(33-18(3)30)7-9-27(23,4)21(20)8-10-28(22,26)5/h16-17,19-23,25-26H,6-15H2,1-5H3/t16-,17+,19+,20-,21?,22?,23-,25+,26?,27-,28+,29-/m1/s1. The molecule has 0 aromatic rings. The van der Waals surface area contributed by atoms with Gasteiger partial charge in [0.05, 0.1) is 12.7 Å². The molecule has 6 aliphatic rings. The maximum atomic E-state index is 13.6. The smallest absolute Gasteiger partial charge is 0.302 e. The molecule has 0 aromatic carbocycles. The Labute approximate surface area is 205 Å². The zero-order valence-electron chi connectivity index (χ0n) is 21.8. The van der Waals surface area contributed by atoms with Crippen LogP contribution in [0.4, 0.5) is 0 Å². The van der Waals surface area contributed by atoms with Crippen molar-refractivity contribution in [1.29, 1.82) is 0 Å². The molecule has 2 heterocycles. The number of fused-ring (bicyclic) bond motifs is 7. The molecule has 12 atom stereocenters. The maximum Gasteiger partial charge on any atom is 0.302 e. The molecule has 5 nitrogen and oxygen atoms in total. The monoisotopic (exact) mass is 472 g/mol. The van der Waals surface area contributed by atoms with Crippen molar-refractivity contribution < 1.29 is 23.8 Å². The third kappa shape index (κ3) is 3.17. The van der Waals surface area contributed by atoms with Gasteiger partial charge in [-0.1, -0.05) is 27.7 Å². The van der Waals surface area contributed by atoms with E-state index in [-0.39, 0.29) is 40.7 Å². The van der Waals surface area contributed by atoms with Gasteiger partial charge in [-0.15, -0.1) is 0 Å². The van der Waals surface area contributed by atoms with Crippen LogP contribution in [0, 0.1) is 52.3 Å². The molecule has 6 fully saturated rings. The van der Waals surface area contributed by atoms with Gasteiger partial charge in [-0.3, -0.25) is 9.59 Å². The van der Waals surface area contributed by atoms with Crippen molar-refractivity contribution >= 4 is 11.8 Å². The Hall–Kier alpha value is -0.940. The molecular weight excluding hydrogens is 428 g/mol. The molecule has 3 unspecified atom stereocenters. The molecular formula is C29H44O5. The zero-order chi connectivity index (χ0) is 24.0. The molecule has 1 spiro atoms. The molecule has 0 radical (unpaired) electrons. The average molecular weight is 473 g/mol. The van der Waals surface area contributed by atoms with E-state index in [1.807, 2.05) is 0 Å². The Bertz CT molecular complexity index is 861. The van der Waals surface area contributed by atoms with E-state index in [4.69, 9.17) is 14.2 Å². The highest BCUT2D eigenvalue weighted by molar-refractivity contribution is 5.83. The third-order valence-corrected chi connectivity index (χ3v) is 12.0. The van der Waals surface area contributed by atoms with Crippen molar-refractivity contribution in [3.05, 3.63) is 0 Å². The largest absolute Gasteiger partial charge is 0.463 e. The number of esters is 1. The lowest BCUT2D eigenvalue weighted by atomic mass is 9.44. The summed E-state index contributed by atoms with van der Waals surface area (Å²) < 4.78 is 18.9. The molecule has 6 rings (SSSR count). The van der Waals surface area contributed by atoms with Crippen molar-refractivity contribution in [2.75, 3.05) is 6.61 Å². The van der Waals surface area contributed by atoms with Crippen molar-refractivity contribution in [3.63, 3.8) is 0 Å². The minimum Gasteiger partial charge on any atom is -0.463 e. The number of carbonyl (C=O) groups excluding carboxylic acids is 2. The summed E-state index contributed by atoms with van der Waals surface area (Å²) >= 11 is 0. The first kappa shape index (κ1) is 23.5. The van der Waals surface area contributed by atoms with Gasteiger partial charge in [-0.25, -0.2) is 0 Å². The lowest BCUT2D eigenvalue weighted by molar-refractivity contribution is -0.273. The Morgan fingerprint density at radius 3 is 2.47 bits per heavy atom. The van der Waals surface area contributed by atoms with Gasteiger partial charge in [0.1, 0.15) is 11.9 Å². The number of ketones is 1. The normalized spacial score (nSPS) is 56.4. The summed E-state index contributed by atoms with van der Waals surface area (Å²) in [6.45, 7) is 11.9. The number of Topliss-reactive ketones (excluding diaryl/α,β-unsaturated/α-hetero) is 1. The summed E-state index contributed by atoms with van der Waals surface area (Å²) in [6.07, 6.45) is 9.30. The van der Waals surface area contributed by atoms with Gasteiger partial charge in [-0.2, -0.15) is 0 Å². The van der Waals surface area contributed by atoms with E-state index in [2.05, 4.69) is 27.7 Å². The minimum atomic E-state index is -0.374. The maximum absolute atomic E-state index is 13.6. The predicted molar refractivity (Wildman–Crippen MR) is 128 cm³/mol.